The smallest absolute Gasteiger partial charge is 0.413 e. The lowest BCUT2D eigenvalue weighted by molar-refractivity contribution is -0.144. The summed E-state index contributed by atoms with van der Waals surface area (Å²) < 4.78 is 37.5. The summed E-state index contributed by atoms with van der Waals surface area (Å²) in [6.07, 6.45) is 0.405. The summed E-state index contributed by atoms with van der Waals surface area (Å²) in [5, 5.41) is 21.0. The number of nitrogens with one attached hydrogen (secondary N) is 1. The lowest BCUT2D eigenvalue weighted by Crippen LogP contribution is -2.45. The van der Waals surface area contributed by atoms with Crippen molar-refractivity contribution in [3.8, 4) is 33.4 Å². The number of ether oxygens (including phenoxy) is 7. The summed E-state index contributed by atoms with van der Waals surface area (Å²) in [7, 11) is 1.42. The molecule has 4 aliphatic rings. The Kier molecular flexibility index (Phi) is 21.4. The van der Waals surface area contributed by atoms with Crippen LogP contribution in [0.5, 0.6) is 0 Å². The molecule has 3 amide bonds. The van der Waals surface area contributed by atoms with Gasteiger partial charge in [0.05, 0.1) is 19.8 Å². The summed E-state index contributed by atoms with van der Waals surface area (Å²) in [4.78, 5) is 74.3. The first-order valence-electron chi connectivity index (χ1n) is 28.0. The number of hydrogen-bond acceptors (Lipinski definition) is 13. The Balaban J connectivity index is 0.000000163. The highest BCUT2D eigenvalue weighted by Crippen LogP contribution is 2.47. The molecule has 0 spiro atoms. The zero-order valence-electron chi connectivity index (χ0n) is 47.1. The Morgan fingerprint density at radius 3 is 1.30 bits per heavy atom. The number of alkyl carbamates (subject to hydrolysis) is 1. The number of aliphatic carboxylic acids is 2. The van der Waals surface area contributed by atoms with Crippen LogP contribution in [0, 0.1) is 0 Å². The number of likely N-dealkylation sites (N-methyl/N-ethyl adjacent to an activating group) is 1. The summed E-state index contributed by atoms with van der Waals surface area (Å²) in [5.41, 5.74) is 13.6. The summed E-state index contributed by atoms with van der Waals surface area (Å²) in [6, 6.07) is 45.5. The Bertz CT molecular complexity index is 3080. The van der Waals surface area contributed by atoms with Crippen molar-refractivity contribution in [2.45, 2.75) is 75.9 Å². The predicted molar refractivity (Wildman–Crippen MR) is 309 cm³/mol. The third kappa shape index (κ3) is 14.6. The molecular weight excluding hydrogens is 1060 g/mol. The van der Waals surface area contributed by atoms with Crippen molar-refractivity contribution in [2.24, 2.45) is 0 Å². The summed E-state index contributed by atoms with van der Waals surface area (Å²) >= 11 is 0. The minimum atomic E-state index is -1.15. The zero-order chi connectivity index (χ0) is 58.8. The van der Waals surface area contributed by atoms with Gasteiger partial charge in [0.1, 0.15) is 19.8 Å². The molecule has 0 saturated carbocycles. The molecular formula is C65H71N3O15. The predicted octanol–water partition coefficient (Wildman–Crippen LogP) is 10.7. The first-order valence-corrected chi connectivity index (χ1v) is 28.0. The van der Waals surface area contributed by atoms with Gasteiger partial charge >= 0.3 is 36.2 Å². The molecule has 10 rings (SSSR count). The van der Waals surface area contributed by atoms with Crippen LogP contribution in [0.2, 0.25) is 0 Å². The highest BCUT2D eigenvalue weighted by molar-refractivity contribution is 5.85. The van der Waals surface area contributed by atoms with Crippen LogP contribution in [0.3, 0.4) is 0 Å². The number of cyclic esters (lactones) is 1. The fourth-order valence-corrected chi connectivity index (χ4v) is 10.6. The number of rotatable bonds is 22. The monoisotopic (exact) mass is 1130 g/mol. The number of benzene rings is 6. The molecule has 3 atom stereocenters. The number of carboxylic acids is 2. The first-order chi connectivity index (χ1) is 40.4. The standard InChI is InChI=1S/C22H23NO5.C22H25NO5.C21H23NO5/c1-2-11-26-13-20-21(24)28-14-23(20)22(25)27-12-19-17-9-5-3-7-15(17)16-8-4-6-10-18(16)19;1-3-12-27-14-20(21(24)25)23(2)22(26)28-13-19-17-10-6-4-8-15(17)16-9-5-7-11-18(16)19;1-2-11-26-13-19(20(23)24)22-21(25)27-12-18-16-9-5-3-7-14(16)15-8-4-6-10-17(15)18/h3-10,19-20H,2,11-14H2,1H3;4-11,19-20H,3,12-14H2,1-2H3,(H,24,25);3-10,18-19H,2,11-13H2,1H3,(H,22,25)(H,23,24)/t2*20-;19-/m000/s1. The van der Waals surface area contributed by atoms with Gasteiger partial charge in [-0.25, -0.2) is 28.8 Å². The molecule has 436 valence electrons. The van der Waals surface area contributed by atoms with Crippen molar-refractivity contribution in [3.05, 3.63) is 179 Å². The van der Waals surface area contributed by atoms with Crippen LogP contribution in [0.4, 0.5) is 14.4 Å². The molecule has 83 heavy (non-hydrogen) atoms. The van der Waals surface area contributed by atoms with Gasteiger partial charge in [-0.1, -0.05) is 166 Å². The second-order valence-corrected chi connectivity index (χ2v) is 20.2. The third-order valence-electron chi connectivity index (χ3n) is 14.8. The first kappa shape index (κ1) is 60.5. The van der Waals surface area contributed by atoms with Gasteiger partial charge in [-0.05, 0) is 86.0 Å². The van der Waals surface area contributed by atoms with Gasteiger partial charge in [-0.3, -0.25) is 9.80 Å². The second kappa shape index (κ2) is 29.4. The van der Waals surface area contributed by atoms with E-state index in [1.807, 2.05) is 118 Å². The van der Waals surface area contributed by atoms with Crippen molar-refractivity contribution < 1.29 is 72.1 Å². The summed E-state index contributed by atoms with van der Waals surface area (Å²) in [6.45, 7) is 7.63. The molecule has 0 bridgehead atoms. The largest absolute Gasteiger partial charge is 0.480 e. The molecule has 6 aromatic carbocycles. The number of carboxylic acid groups (broad SMARTS) is 2. The van der Waals surface area contributed by atoms with Crippen molar-refractivity contribution in [1.82, 2.24) is 15.1 Å². The van der Waals surface area contributed by atoms with E-state index >= 15 is 0 Å². The molecule has 0 aromatic heterocycles. The minimum absolute atomic E-state index is 0.0228. The number of carbonyl (C=O) groups excluding carboxylic acids is 4. The van der Waals surface area contributed by atoms with E-state index in [1.54, 1.807) is 0 Å². The molecule has 18 heteroatoms. The van der Waals surface area contributed by atoms with Crippen molar-refractivity contribution in [2.75, 3.05) is 73.2 Å². The van der Waals surface area contributed by atoms with Gasteiger partial charge in [0.15, 0.2) is 24.9 Å². The molecule has 6 aromatic rings. The van der Waals surface area contributed by atoms with Crippen molar-refractivity contribution in [3.63, 3.8) is 0 Å². The quantitative estimate of drug-likeness (QED) is 0.0326. The molecule has 0 unspecified atom stereocenters. The van der Waals surface area contributed by atoms with Gasteiger partial charge in [0.2, 0.25) is 0 Å². The zero-order valence-corrected chi connectivity index (χ0v) is 47.1. The topological polar surface area (TPSA) is 226 Å². The van der Waals surface area contributed by atoms with E-state index in [0.29, 0.717) is 19.8 Å². The number of carbonyl (C=O) groups is 6. The molecule has 0 radical (unpaired) electrons. The number of amides is 3. The van der Waals surface area contributed by atoms with Crippen LogP contribution < -0.4 is 5.32 Å². The van der Waals surface area contributed by atoms with Crippen LogP contribution in [0.1, 0.15) is 91.2 Å². The molecule has 18 nitrogen and oxygen atoms in total. The van der Waals surface area contributed by atoms with E-state index < -0.39 is 54.3 Å². The van der Waals surface area contributed by atoms with Gasteiger partial charge in [0.25, 0.3) is 0 Å². The van der Waals surface area contributed by atoms with Gasteiger partial charge in [0, 0.05) is 44.6 Å². The van der Waals surface area contributed by atoms with Crippen LogP contribution in [0.25, 0.3) is 33.4 Å². The Hall–Kier alpha value is -8.58. The van der Waals surface area contributed by atoms with Crippen molar-refractivity contribution >= 4 is 36.2 Å². The van der Waals surface area contributed by atoms with Gasteiger partial charge < -0.3 is 48.7 Å². The Morgan fingerprint density at radius 1 is 0.530 bits per heavy atom. The van der Waals surface area contributed by atoms with Crippen LogP contribution >= 0.6 is 0 Å². The second-order valence-electron chi connectivity index (χ2n) is 20.2. The van der Waals surface area contributed by atoms with E-state index in [2.05, 4.69) is 53.8 Å². The molecule has 1 heterocycles. The molecule has 3 N–H and O–H groups in total. The number of fused-ring (bicyclic) bond motifs is 9. The maximum Gasteiger partial charge on any atom is 0.413 e. The number of hydrogen-bond donors (Lipinski definition) is 3. The number of nitrogens with zero attached hydrogens (tertiary/aromatic N) is 2. The Labute approximate surface area is 483 Å². The molecule has 1 saturated heterocycles. The fourth-order valence-electron chi connectivity index (χ4n) is 10.6. The van der Waals surface area contributed by atoms with Gasteiger partial charge in [-0.2, -0.15) is 0 Å². The normalized spacial score (nSPS) is 15.0. The lowest BCUT2D eigenvalue weighted by Gasteiger charge is -2.25. The average molecular weight is 1130 g/mol. The van der Waals surface area contributed by atoms with E-state index in [9.17, 15) is 39.0 Å². The maximum atomic E-state index is 12.6. The summed E-state index contributed by atoms with van der Waals surface area (Å²) in [5.74, 6) is -2.88. The molecule has 1 aliphatic heterocycles. The SMILES string of the molecule is CCCOC[C@@H](C(=O)O)N(C)C(=O)OCC1c2ccccc2-c2ccccc21.CCCOC[C@H](NC(=O)OCC1c2ccccc2-c2ccccc21)C(=O)O.CCCOC[C@H]1C(=O)OCN1C(=O)OCC1c2ccccc2-c2ccccc21. The van der Waals surface area contributed by atoms with E-state index in [-0.39, 0.29) is 64.1 Å². The van der Waals surface area contributed by atoms with E-state index in [4.69, 9.17) is 33.2 Å². The van der Waals surface area contributed by atoms with E-state index in [0.717, 1.165) is 79.8 Å². The van der Waals surface area contributed by atoms with Gasteiger partial charge in [-0.15, -0.1) is 0 Å². The highest BCUT2D eigenvalue weighted by Gasteiger charge is 2.40. The lowest BCUT2D eigenvalue weighted by atomic mass is 9.98. The minimum Gasteiger partial charge on any atom is -0.480 e. The molecule has 3 aliphatic carbocycles. The van der Waals surface area contributed by atoms with E-state index in [1.165, 1.54) is 23.1 Å². The van der Waals surface area contributed by atoms with Crippen LogP contribution in [-0.4, -0.2) is 148 Å². The maximum absolute atomic E-state index is 12.6. The highest BCUT2D eigenvalue weighted by atomic mass is 16.6. The fraction of sp³-hybridized carbons (Fsp3) is 0.354. The Morgan fingerprint density at radius 2 is 0.904 bits per heavy atom. The number of esters is 1. The average Bonchev–Trinajstić information content (AvgIpc) is 4.40. The van der Waals surface area contributed by atoms with Crippen molar-refractivity contribution in [1.29, 1.82) is 0 Å². The van der Waals surface area contributed by atoms with Crippen LogP contribution in [-0.2, 0) is 47.5 Å². The third-order valence-corrected chi connectivity index (χ3v) is 14.8. The molecule has 1 fully saturated rings. The van der Waals surface area contributed by atoms with Crippen LogP contribution in [0.15, 0.2) is 146 Å².